The number of hydrogen-bond acceptors (Lipinski definition) is 9. The van der Waals surface area contributed by atoms with E-state index in [1.54, 1.807) is 30.3 Å². The van der Waals surface area contributed by atoms with Crippen LogP contribution in [-0.2, 0) is 14.8 Å². The summed E-state index contributed by atoms with van der Waals surface area (Å²) in [5.41, 5.74) is 2.14. The van der Waals surface area contributed by atoms with E-state index in [2.05, 4.69) is 25.0 Å². The largest absolute Gasteiger partial charge is 0.438 e. The number of benzene rings is 3. The third-order valence-corrected chi connectivity index (χ3v) is 8.59. The number of halogens is 3. The minimum Gasteiger partial charge on any atom is -0.438 e. The molecule has 5 aromatic rings. The molecule has 46 heavy (non-hydrogen) atoms. The van der Waals surface area contributed by atoms with E-state index in [0.29, 0.717) is 60.5 Å². The lowest BCUT2D eigenvalue weighted by Gasteiger charge is -2.29. The Labute approximate surface area is 263 Å². The molecular formula is C32H29F3N6O4S. The van der Waals surface area contributed by atoms with Gasteiger partial charge in [-0.25, -0.2) is 36.5 Å². The molecule has 1 aliphatic heterocycles. The van der Waals surface area contributed by atoms with Crippen LogP contribution in [-0.4, -0.2) is 49.7 Å². The molecule has 238 valence electrons. The first-order valence-electron chi connectivity index (χ1n) is 14.4. The quantitative estimate of drug-likeness (QED) is 0.179. The number of aromatic nitrogens is 3. The summed E-state index contributed by atoms with van der Waals surface area (Å²) >= 11 is 0. The normalized spacial score (nSPS) is 13.7. The van der Waals surface area contributed by atoms with Gasteiger partial charge in [-0.2, -0.15) is 0 Å². The molecule has 0 atom stereocenters. The summed E-state index contributed by atoms with van der Waals surface area (Å²) in [6, 6.07) is 15.4. The monoisotopic (exact) mass is 650 g/mol. The first-order valence-corrected chi connectivity index (χ1v) is 15.9. The van der Waals surface area contributed by atoms with E-state index >= 15 is 4.39 Å². The average molecular weight is 651 g/mol. The highest BCUT2D eigenvalue weighted by molar-refractivity contribution is 7.92. The molecule has 2 N–H and O–H groups in total. The molecule has 10 nitrogen and oxygen atoms in total. The SMILES string of the molecule is CC(C)c1nc(-c2cccc(NS(=O)(=O)c3c(F)cccc3F)c2)c(-c2ccnc(Nc3ccc(N4CCOCC4)c(F)c3)n2)o1. The third kappa shape index (κ3) is 6.53. The van der Waals surface area contributed by atoms with Crippen LogP contribution in [0.15, 0.2) is 82.2 Å². The minimum atomic E-state index is -4.60. The van der Waals surface area contributed by atoms with Gasteiger partial charge in [0.1, 0.15) is 28.8 Å². The highest BCUT2D eigenvalue weighted by Crippen LogP contribution is 2.36. The van der Waals surface area contributed by atoms with Gasteiger partial charge in [-0.3, -0.25) is 4.72 Å². The van der Waals surface area contributed by atoms with Crippen LogP contribution in [0.1, 0.15) is 25.7 Å². The van der Waals surface area contributed by atoms with Gasteiger partial charge in [-0.05, 0) is 48.5 Å². The van der Waals surface area contributed by atoms with Gasteiger partial charge in [0.25, 0.3) is 10.0 Å². The second-order valence-corrected chi connectivity index (χ2v) is 12.4. The van der Waals surface area contributed by atoms with Crippen molar-refractivity contribution in [1.82, 2.24) is 15.0 Å². The number of nitrogens with one attached hydrogen (secondary N) is 2. The van der Waals surface area contributed by atoms with E-state index < -0.39 is 32.4 Å². The molecule has 0 radical (unpaired) electrons. The molecule has 0 bridgehead atoms. The summed E-state index contributed by atoms with van der Waals surface area (Å²) in [4.78, 5) is 14.3. The molecule has 6 rings (SSSR count). The Bertz CT molecular complexity index is 1980. The van der Waals surface area contributed by atoms with E-state index in [9.17, 15) is 17.2 Å². The van der Waals surface area contributed by atoms with Crippen molar-refractivity contribution < 1.29 is 30.7 Å². The summed E-state index contributed by atoms with van der Waals surface area (Å²) in [5.74, 6) is -2.07. The predicted molar refractivity (Wildman–Crippen MR) is 167 cm³/mol. The molecular weight excluding hydrogens is 621 g/mol. The molecule has 0 saturated carbocycles. The number of rotatable bonds is 9. The average Bonchev–Trinajstić information content (AvgIpc) is 3.48. The topological polar surface area (TPSA) is 122 Å². The minimum absolute atomic E-state index is 0.0489. The number of hydrogen-bond donors (Lipinski definition) is 2. The van der Waals surface area contributed by atoms with Gasteiger partial charge in [0.15, 0.2) is 16.5 Å². The van der Waals surface area contributed by atoms with Crippen LogP contribution < -0.4 is 14.9 Å². The molecule has 1 fully saturated rings. The molecule has 1 saturated heterocycles. The zero-order valence-electron chi connectivity index (χ0n) is 24.8. The molecule has 0 amide bonds. The van der Waals surface area contributed by atoms with Crippen molar-refractivity contribution in [2.24, 2.45) is 0 Å². The van der Waals surface area contributed by atoms with Crippen molar-refractivity contribution in [3.63, 3.8) is 0 Å². The van der Waals surface area contributed by atoms with Gasteiger partial charge in [-0.1, -0.05) is 32.0 Å². The maximum atomic E-state index is 15.0. The van der Waals surface area contributed by atoms with Crippen LogP contribution in [0, 0.1) is 17.5 Å². The number of anilines is 4. The molecule has 1 aliphatic rings. The van der Waals surface area contributed by atoms with E-state index in [1.165, 1.54) is 24.4 Å². The van der Waals surface area contributed by atoms with Gasteiger partial charge in [0.2, 0.25) is 5.95 Å². The first-order chi connectivity index (χ1) is 22.1. The van der Waals surface area contributed by atoms with Crippen molar-refractivity contribution in [3.8, 4) is 22.7 Å². The summed E-state index contributed by atoms with van der Waals surface area (Å²) in [7, 11) is -4.60. The second-order valence-electron chi connectivity index (χ2n) is 10.8. The molecule has 2 aromatic heterocycles. The van der Waals surface area contributed by atoms with Crippen LogP contribution >= 0.6 is 0 Å². The molecule has 3 aromatic carbocycles. The van der Waals surface area contributed by atoms with Gasteiger partial charge in [0, 0.05) is 42.1 Å². The third-order valence-electron chi connectivity index (χ3n) is 7.16. The molecule has 14 heteroatoms. The number of nitrogens with zero attached hydrogens (tertiary/aromatic N) is 4. The van der Waals surface area contributed by atoms with Crippen LogP contribution in [0.4, 0.5) is 36.2 Å². The highest BCUT2D eigenvalue weighted by Gasteiger charge is 2.25. The Morgan fingerprint density at radius 1 is 0.870 bits per heavy atom. The van der Waals surface area contributed by atoms with Crippen LogP contribution in [0.2, 0.25) is 0 Å². The van der Waals surface area contributed by atoms with Crippen molar-refractivity contribution in [3.05, 3.63) is 96.3 Å². The standard InChI is InChI=1S/C32H29F3N6O4S/c1-19(2)31-39-28(20-5-3-6-22(17-20)40-46(42,43)30-23(33)7-4-8-24(30)34)29(45-31)26-11-12-36-32(38-26)37-21-9-10-27(25(35)18-21)41-13-15-44-16-14-41/h3-12,17-19,40H,13-16H2,1-2H3,(H,36,37,38). The fourth-order valence-electron chi connectivity index (χ4n) is 4.95. The summed E-state index contributed by atoms with van der Waals surface area (Å²) in [6.45, 7) is 6.08. The maximum absolute atomic E-state index is 15.0. The van der Waals surface area contributed by atoms with Crippen molar-refractivity contribution in [2.75, 3.05) is 41.2 Å². The zero-order chi connectivity index (χ0) is 32.4. The van der Waals surface area contributed by atoms with Crippen LogP contribution in [0.5, 0.6) is 0 Å². The first kappa shape index (κ1) is 31.0. The number of morpholine rings is 1. The highest BCUT2D eigenvalue weighted by atomic mass is 32.2. The van der Waals surface area contributed by atoms with Crippen molar-refractivity contribution in [2.45, 2.75) is 24.7 Å². The lowest BCUT2D eigenvalue weighted by molar-refractivity contribution is 0.122. The van der Waals surface area contributed by atoms with Crippen LogP contribution in [0.3, 0.4) is 0 Å². The molecule has 3 heterocycles. The van der Waals surface area contributed by atoms with Gasteiger partial charge in [0.05, 0.1) is 18.9 Å². The van der Waals surface area contributed by atoms with Crippen molar-refractivity contribution >= 4 is 33.0 Å². The molecule has 0 unspecified atom stereocenters. The Balaban J connectivity index is 1.30. The molecule has 0 aliphatic carbocycles. The Kier molecular flexibility index (Phi) is 8.65. The second kappa shape index (κ2) is 12.8. The van der Waals surface area contributed by atoms with E-state index in [1.807, 2.05) is 18.7 Å². The van der Waals surface area contributed by atoms with Gasteiger partial charge < -0.3 is 19.4 Å². The molecule has 0 spiro atoms. The fraction of sp³-hybridized carbons (Fsp3) is 0.219. The summed E-state index contributed by atoms with van der Waals surface area (Å²) in [5, 5.41) is 3.03. The van der Waals surface area contributed by atoms with E-state index in [-0.39, 0.29) is 23.3 Å². The fourth-order valence-corrected chi connectivity index (χ4v) is 6.14. The summed E-state index contributed by atoms with van der Waals surface area (Å²) < 4.78 is 83.1. The Hall–Kier alpha value is -4.95. The van der Waals surface area contributed by atoms with Crippen molar-refractivity contribution in [1.29, 1.82) is 0 Å². The smallest absolute Gasteiger partial charge is 0.267 e. The Morgan fingerprint density at radius 3 is 2.33 bits per heavy atom. The van der Waals surface area contributed by atoms with Crippen LogP contribution in [0.25, 0.3) is 22.7 Å². The lowest BCUT2D eigenvalue weighted by atomic mass is 10.1. The van der Waals surface area contributed by atoms with Gasteiger partial charge >= 0.3 is 0 Å². The van der Waals surface area contributed by atoms with E-state index in [4.69, 9.17) is 9.15 Å². The lowest BCUT2D eigenvalue weighted by Crippen LogP contribution is -2.36. The van der Waals surface area contributed by atoms with E-state index in [0.717, 1.165) is 18.2 Å². The number of oxazole rings is 1. The number of sulfonamides is 1. The summed E-state index contributed by atoms with van der Waals surface area (Å²) in [6.07, 6.45) is 1.51. The van der Waals surface area contributed by atoms with Gasteiger partial charge in [-0.15, -0.1) is 0 Å². The zero-order valence-corrected chi connectivity index (χ0v) is 25.6. The number of ether oxygens (including phenoxy) is 1. The Morgan fingerprint density at radius 2 is 1.61 bits per heavy atom. The maximum Gasteiger partial charge on any atom is 0.267 e. The predicted octanol–water partition coefficient (Wildman–Crippen LogP) is 6.72.